The van der Waals surface area contributed by atoms with Crippen molar-refractivity contribution in [2.24, 2.45) is 0 Å². The van der Waals surface area contributed by atoms with Gasteiger partial charge in [0.15, 0.2) is 0 Å². The number of amides is 1. The molecule has 1 N–H and O–H groups in total. The third kappa shape index (κ3) is 5.18. The van der Waals surface area contributed by atoms with Crippen molar-refractivity contribution < 1.29 is 34.0 Å². The number of morpholine rings is 1. The largest absolute Gasteiger partial charge is 0.872 e. The second-order valence-corrected chi connectivity index (χ2v) is 8.52. The molecule has 35 heavy (non-hydrogen) atoms. The first-order valence-electron chi connectivity index (χ1n) is 11.5. The highest BCUT2D eigenvalue weighted by molar-refractivity contribution is 6.46. The van der Waals surface area contributed by atoms with Gasteiger partial charge in [0.05, 0.1) is 37.8 Å². The van der Waals surface area contributed by atoms with Gasteiger partial charge in [-0.3, -0.25) is 19.7 Å². The summed E-state index contributed by atoms with van der Waals surface area (Å²) in [6.07, 6.45) is 0.641. The quantitative estimate of drug-likeness (QED) is 0.187. The zero-order valence-corrected chi connectivity index (χ0v) is 19.4. The Hall–Kier alpha value is -3.76. The van der Waals surface area contributed by atoms with E-state index < -0.39 is 28.4 Å². The van der Waals surface area contributed by atoms with Gasteiger partial charge in [-0.1, -0.05) is 17.9 Å². The molecule has 0 saturated carbocycles. The Bertz CT molecular complexity index is 1120. The number of nitro benzene ring substituents is 1. The van der Waals surface area contributed by atoms with Crippen molar-refractivity contribution in [2.45, 2.75) is 12.5 Å². The van der Waals surface area contributed by atoms with Crippen molar-refractivity contribution in [1.29, 1.82) is 0 Å². The number of benzene rings is 2. The fraction of sp³-hybridized carbons (Fsp3) is 0.360. The van der Waals surface area contributed by atoms with Crippen LogP contribution in [0.1, 0.15) is 23.6 Å². The maximum absolute atomic E-state index is 13.4. The molecule has 10 nitrogen and oxygen atoms in total. The third-order valence-corrected chi connectivity index (χ3v) is 6.43. The lowest BCUT2D eigenvalue weighted by atomic mass is 9.95. The van der Waals surface area contributed by atoms with Crippen LogP contribution in [0.3, 0.4) is 0 Å². The summed E-state index contributed by atoms with van der Waals surface area (Å²) in [7, 11) is 1.51. The summed E-state index contributed by atoms with van der Waals surface area (Å²) in [4.78, 5) is 39.5. The van der Waals surface area contributed by atoms with Crippen molar-refractivity contribution in [3.8, 4) is 5.75 Å². The number of rotatable bonds is 8. The van der Waals surface area contributed by atoms with E-state index in [1.54, 1.807) is 24.3 Å². The Labute approximate surface area is 202 Å². The van der Waals surface area contributed by atoms with E-state index in [1.165, 1.54) is 41.2 Å². The lowest BCUT2D eigenvalue weighted by Crippen LogP contribution is -3.14. The van der Waals surface area contributed by atoms with Crippen LogP contribution in [0.25, 0.3) is 5.76 Å². The predicted octanol–water partition coefficient (Wildman–Crippen LogP) is 0.133. The minimum absolute atomic E-state index is 0.116. The summed E-state index contributed by atoms with van der Waals surface area (Å²) in [5, 5.41) is 24.5. The molecule has 2 heterocycles. The molecule has 0 spiro atoms. The number of non-ortho nitro benzene ring substituents is 1. The lowest BCUT2D eigenvalue weighted by molar-refractivity contribution is -0.908. The van der Waals surface area contributed by atoms with E-state index in [0.29, 0.717) is 30.9 Å². The van der Waals surface area contributed by atoms with Gasteiger partial charge in [-0.2, -0.15) is 0 Å². The zero-order valence-electron chi connectivity index (χ0n) is 19.4. The zero-order chi connectivity index (χ0) is 24.9. The minimum Gasteiger partial charge on any atom is -0.872 e. The molecule has 0 bridgehead atoms. The molecule has 4 rings (SSSR count). The van der Waals surface area contributed by atoms with Gasteiger partial charge >= 0.3 is 0 Å². The van der Waals surface area contributed by atoms with E-state index in [4.69, 9.17) is 9.47 Å². The topological polar surface area (TPSA) is 126 Å². The van der Waals surface area contributed by atoms with Crippen LogP contribution in [-0.2, 0) is 14.3 Å². The molecule has 2 fully saturated rings. The number of carbonyl (C=O) groups is 2. The average molecular weight is 482 g/mol. The highest BCUT2D eigenvalue weighted by Crippen LogP contribution is 2.39. The van der Waals surface area contributed by atoms with E-state index in [0.717, 1.165) is 19.6 Å². The number of nitrogens with zero attached hydrogens (tertiary/aromatic N) is 2. The summed E-state index contributed by atoms with van der Waals surface area (Å²) in [6.45, 7) is 4.23. The molecule has 2 aromatic rings. The van der Waals surface area contributed by atoms with E-state index >= 15 is 0 Å². The van der Waals surface area contributed by atoms with Crippen LogP contribution in [-0.4, -0.2) is 68.0 Å². The van der Waals surface area contributed by atoms with Crippen molar-refractivity contribution in [3.05, 3.63) is 75.3 Å². The molecule has 0 radical (unpaired) electrons. The van der Waals surface area contributed by atoms with Crippen LogP contribution in [0, 0.1) is 10.1 Å². The second-order valence-electron chi connectivity index (χ2n) is 8.52. The van der Waals surface area contributed by atoms with E-state index in [-0.39, 0.29) is 23.4 Å². The standard InChI is InChI=1S/C25H27N3O7/c1-34-20-9-5-18(6-10-20)23(29)21-22(17-3-7-19(8-4-17)28(32)33)27(25(31)24(21)30)12-2-11-26-13-15-35-16-14-26/h3-10,22,29H,2,11-16H2,1H3. The molecule has 184 valence electrons. The number of ketones is 1. The number of Topliss-reactive ketones (excluding diaryl/α,β-unsaturated/α-hetero) is 1. The van der Waals surface area contributed by atoms with Crippen LogP contribution >= 0.6 is 0 Å². The fourth-order valence-electron chi connectivity index (χ4n) is 4.53. The van der Waals surface area contributed by atoms with E-state index in [9.17, 15) is 24.8 Å². The molecule has 2 aliphatic rings. The molecule has 1 amide bonds. The molecule has 1 atom stereocenters. The number of nitrogens with one attached hydrogen (secondary N) is 1. The molecule has 10 heteroatoms. The van der Waals surface area contributed by atoms with Crippen molar-refractivity contribution >= 4 is 23.1 Å². The van der Waals surface area contributed by atoms with Crippen molar-refractivity contribution in [1.82, 2.24) is 4.90 Å². The lowest BCUT2D eigenvalue weighted by Gasteiger charge is -2.29. The first kappa shape index (κ1) is 24.4. The molecular formula is C25H27N3O7. The summed E-state index contributed by atoms with van der Waals surface area (Å²) >= 11 is 0. The van der Waals surface area contributed by atoms with E-state index in [1.807, 2.05) is 0 Å². The number of hydrogen-bond donors (Lipinski definition) is 1. The molecule has 2 aliphatic heterocycles. The summed E-state index contributed by atoms with van der Waals surface area (Å²) < 4.78 is 10.5. The minimum atomic E-state index is -0.912. The number of carbonyl (C=O) groups excluding carboxylic acids is 2. The van der Waals surface area contributed by atoms with Gasteiger partial charge in [0.1, 0.15) is 18.8 Å². The van der Waals surface area contributed by atoms with Gasteiger partial charge in [0, 0.05) is 30.7 Å². The highest BCUT2D eigenvalue weighted by Gasteiger charge is 2.44. The van der Waals surface area contributed by atoms with Crippen LogP contribution < -0.4 is 14.7 Å². The van der Waals surface area contributed by atoms with Crippen molar-refractivity contribution in [3.63, 3.8) is 0 Å². The van der Waals surface area contributed by atoms with Crippen LogP contribution in [0.5, 0.6) is 5.75 Å². The van der Waals surface area contributed by atoms with Crippen LogP contribution in [0.4, 0.5) is 5.69 Å². The summed E-state index contributed by atoms with van der Waals surface area (Å²) in [6, 6.07) is 11.0. The number of likely N-dealkylation sites (tertiary alicyclic amines) is 1. The molecule has 1 unspecified atom stereocenters. The Morgan fingerprint density at radius 3 is 2.37 bits per heavy atom. The molecule has 2 aromatic carbocycles. The molecule has 0 aromatic heterocycles. The van der Waals surface area contributed by atoms with Gasteiger partial charge < -0.3 is 24.4 Å². The Morgan fingerprint density at radius 2 is 1.77 bits per heavy atom. The monoisotopic (exact) mass is 481 g/mol. The first-order chi connectivity index (χ1) is 16.9. The normalized spacial score (nSPS) is 20.3. The third-order valence-electron chi connectivity index (χ3n) is 6.43. The Morgan fingerprint density at radius 1 is 1.11 bits per heavy atom. The number of nitro groups is 1. The summed E-state index contributed by atoms with van der Waals surface area (Å²) in [5.74, 6) is -1.56. The van der Waals surface area contributed by atoms with Gasteiger partial charge in [-0.15, -0.1) is 0 Å². The smallest absolute Gasteiger partial charge is 0.295 e. The number of hydrogen-bond acceptors (Lipinski definition) is 7. The van der Waals surface area contributed by atoms with Gasteiger partial charge in [0.25, 0.3) is 11.6 Å². The fourth-order valence-corrected chi connectivity index (χ4v) is 4.53. The van der Waals surface area contributed by atoms with Gasteiger partial charge in [-0.25, -0.2) is 0 Å². The average Bonchev–Trinajstić information content (AvgIpc) is 3.14. The SMILES string of the molecule is COc1ccc(C([O-])=C2C(=O)C(=O)N(CCC[NH+]3CCOCC3)C2c2ccc([N+](=O)[O-])cc2)cc1. The van der Waals surface area contributed by atoms with Gasteiger partial charge in [-0.05, 0) is 35.4 Å². The van der Waals surface area contributed by atoms with Crippen molar-refractivity contribution in [2.75, 3.05) is 46.5 Å². The Kier molecular flexibility index (Phi) is 7.42. The van der Waals surface area contributed by atoms with Crippen LogP contribution in [0.2, 0.25) is 0 Å². The van der Waals surface area contributed by atoms with Crippen LogP contribution in [0.15, 0.2) is 54.1 Å². The predicted molar refractivity (Wildman–Crippen MR) is 123 cm³/mol. The second kappa shape index (κ2) is 10.7. The first-order valence-corrected chi connectivity index (χ1v) is 11.5. The molecule has 2 saturated heterocycles. The van der Waals surface area contributed by atoms with Gasteiger partial charge in [0.2, 0.25) is 5.78 Å². The number of ether oxygens (including phenoxy) is 2. The maximum Gasteiger partial charge on any atom is 0.295 e. The molecule has 0 aliphatic carbocycles. The van der Waals surface area contributed by atoms with E-state index in [2.05, 4.69) is 0 Å². The summed E-state index contributed by atoms with van der Waals surface area (Å²) in [5.41, 5.74) is 0.474. The molecular weight excluding hydrogens is 454 g/mol. The highest BCUT2D eigenvalue weighted by atomic mass is 16.6. The Balaban J connectivity index is 1.68. The number of quaternary nitrogens is 1. The maximum atomic E-state index is 13.4. The number of methoxy groups -OCH3 is 1.